The second-order valence-electron chi connectivity index (χ2n) is 6.76. The summed E-state index contributed by atoms with van der Waals surface area (Å²) in [4.78, 5) is 6.51. The number of hydrogen-bond donors (Lipinski definition) is 0. The first-order valence-electron chi connectivity index (χ1n) is 8.36. The molecule has 0 unspecified atom stereocenters. The van der Waals surface area contributed by atoms with Gasteiger partial charge in [-0.25, -0.2) is 13.4 Å². The van der Waals surface area contributed by atoms with E-state index in [1.807, 2.05) is 32.1 Å². The van der Waals surface area contributed by atoms with E-state index < -0.39 is 10.0 Å². The molecule has 2 aromatic rings. The lowest BCUT2D eigenvalue weighted by molar-refractivity contribution is 0.319. The topological polar surface area (TPSA) is 66.4 Å². The fourth-order valence-corrected chi connectivity index (χ4v) is 5.80. The van der Waals surface area contributed by atoms with Crippen LogP contribution in [0.4, 0.5) is 5.82 Å². The third kappa shape index (κ3) is 3.70. The number of hydrogen-bond acceptors (Lipinski definition) is 6. The molecule has 3 heterocycles. The molecule has 1 fully saturated rings. The molecule has 0 atom stereocenters. The number of rotatable bonds is 4. The highest BCUT2D eigenvalue weighted by atomic mass is 32.2. The van der Waals surface area contributed by atoms with Gasteiger partial charge in [-0.15, -0.1) is 0 Å². The predicted octanol–water partition coefficient (Wildman–Crippen LogP) is 2.79. The summed E-state index contributed by atoms with van der Waals surface area (Å²) < 4.78 is 31.5. The molecule has 0 aromatic carbocycles. The molecule has 1 aliphatic heterocycles. The Morgan fingerprint density at radius 2 is 1.88 bits per heavy atom. The standard InChI is InChI=1S/C17H24N4O2S2/c1-12-9-16(20(3)4)18-11-15(12)14-5-7-21(8-6-14)25(22,23)17-10-13(2)19-24-17/h9-11,14H,5-8H2,1-4H3. The predicted molar refractivity (Wildman–Crippen MR) is 101 cm³/mol. The summed E-state index contributed by atoms with van der Waals surface area (Å²) in [6.07, 6.45) is 3.59. The number of aryl methyl sites for hydroxylation is 2. The van der Waals surface area contributed by atoms with Crippen molar-refractivity contribution in [2.45, 2.75) is 36.8 Å². The van der Waals surface area contributed by atoms with Gasteiger partial charge in [0.2, 0.25) is 0 Å². The van der Waals surface area contributed by atoms with Gasteiger partial charge in [0, 0.05) is 33.4 Å². The van der Waals surface area contributed by atoms with Crippen LogP contribution in [0.2, 0.25) is 0 Å². The number of nitrogens with zero attached hydrogens (tertiary/aromatic N) is 4. The monoisotopic (exact) mass is 380 g/mol. The molecule has 3 rings (SSSR count). The SMILES string of the molecule is Cc1cc(S(=O)(=O)N2CCC(c3cnc(N(C)C)cc3C)CC2)sn1. The number of anilines is 1. The lowest BCUT2D eigenvalue weighted by Gasteiger charge is -2.31. The van der Waals surface area contributed by atoms with Gasteiger partial charge in [-0.05, 0) is 67.4 Å². The normalized spacial score (nSPS) is 17.0. The van der Waals surface area contributed by atoms with Crippen molar-refractivity contribution in [3.63, 3.8) is 0 Å². The van der Waals surface area contributed by atoms with Gasteiger partial charge < -0.3 is 4.90 Å². The van der Waals surface area contributed by atoms with Crippen molar-refractivity contribution in [3.05, 3.63) is 35.2 Å². The van der Waals surface area contributed by atoms with Gasteiger partial charge >= 0.3 is 0 Å². The fourth-order valence-electron chi connectivity index (χ4n) is 3.22. The maximum atomic E-state index is 12.7. The average molecular weight is 381 g/mol. The van der Waals surface area contributed by atoms with Crippen LogP contribution >= 0.6 is 11.5 Å². The van der Waals surface area contributed by atoms with Crippen molar-refractivity contribution in [2.75, 3.05) is 32.1 Å². The number of sulfonamides is 1. The van der Waals surface area contributed by atoms with E-state index in [-0.39, 0.29) is 0 Å². The summed E-state index contributed by atoms with van der Waals surface area (Å²) in [6.45, 7) is 5.00. The van der Waals surface area contributed by atoms with Crippen LogP contribution in [0.5, 0.6) is 0 Å². The second-order valence-corrected chi connectivity index (χ2v) is 9.73. The molecule has 1 saturated heterocycles. The number of piperidine rings is 1. The maximum Gasteiger partial charge on any atom is 0.254 e. The molecule has 0 radical (unpaired) electrons. The molecule has 136 valence electrons. The Morgan fingerprint density at radius 3 is 2.40 bits per heavy atom. The Balaban J connectivity index is 1.72. The summed E-state index contributed by atoms with van der Waals surface area (Å²) in [5, 5.41) is 0. The molecule has 0 aliphatic carbocycles. The zero-order valence-electron chi connectivity index (χ0n) is 15.1. The van der Waals surface area contributed by atoms with E-state index in [2.05, 4.69) is 22.3 Å². The smallest absolute Gasteiger partial charge is 0.254 e. The molecule has 2 aromatic heterocycles. The summed E-state index contributed by atoms with van der Waals surface area (Å²) in [5.41, 5.74) is 3.20. The third-order valence-electron chi connectivity index (χ3n) is 4.69. The van der Waals surface area contributed by atoms with E-state index in [0.717, 1.165) is 35.9 Å². The maximum absolute atomic E-state index is 12.7. The molecule has 0 N–H and O–H groups in total. The third-order valence-corrected chi connectivity index (χ3v) is 7.89. The summed E-state index contributed by atoms with van der Waals surface area (Å²) in [6, 6.07) is 3.75. The highest BCUT2D eigenvalue weighted by Crippen LogP contribution is 2.33. The van der Waals surface area contributed by atoms with Crippen LogP contribution in [0.15, 0.2) is 22.5 Å². The second kappa shape index (κ2) is 7.01. The quantitative estimate of drug-likeness (QED) is 0.816. The highest BCUT2D eigenvalue weighted by molar-refractivity contribution is 7.91. The van der Waals surface area contributed by atoms with Crippen LogP contribution in [0.1, 0.15) is 35.6 Å². The Bertz CT molecular complexity index is 853. The number of pyridine rings is 1. The summed E-state index contributed by atoms with van der Waals surface area (Å²) in [7, 11) is 0.548. The van der Waals surface area contributed by atoms with Gasteiger partial charge in [0.1, 0.15) is 5.82 Å². The van der Waals surface area contributed by atoms with Gasteiger partial charge in [-0.2, -0.15) is 8.68 Å². The van der Waals surface area contributed by atoms with E-state index in [9.17, 15) is 8.42 Å². The van der Waals surface area contributed by atoms with E-state index in [0.29, 0.717) is 23.2 Å². The van der Waals surface area contributed by atoms with Crippen LogP contribution in [0.25, 0.3) is 0 Å². The molecule has 6 nitrogen and oxygen atoms in total. The van der Waals surface area contributed by atoms with Crippen LogP contribution in [0.3, 0.4) is 0 Å². The summed E-state index contributed by atoms with van der Waals surface area (Å²) in [5.74, 6) is 1.31. The average Bonchev–Trinajstić information content (AvgIpc) is 3.02. The molecule has 1 aliphatic rings. The van der Waals surface area contributed by atoms with E-state index in [1.165, 1.54) is 11.1 Å². The lowest BCUT2D eigenvalue weighted by Crippen LogP contribution is -2.37. The Hall–Kier alpha value is -1.51. The van der Waals surface area contributed by atoms with Crippen LogP contribution in [-0.4, -0.2) is 49.3 Å². The van der Waals surface area contributed by atoms with Gasteiger partial charge in [0.25, 0.3) is 10.0 Å². The van der Waals surface area contributed by atoms with E-state index in [1.54, 1.807) is 10.4 Å². The zero-order valence-corrected chi connectivity index (χ0v) is 16.7. The molecule has 8 heteroatoms. The Kier molecular flexibility index (Phi) is 5.13. The molecular formula is C17H24N4O2S2. The highest BCUT2D eigenvalue weighted by Gasteiger charge is 2.31. The van der Waals surface area contributed by atoms with Crippen molar-refractivity contribution in [1.29, 1.82) is 0 Å². The molecule has 0 spiro atoms. The van der Waals surface area contributed by atoms with Crippen molar-refractivity contribution >= 4 is 27.4 Å². The molecule has 0 saturated carbocycles. The van der Waals surface area contributed by atoms with Crippen LogP contribution in [-0.2, 0) is 10.0 Å². The van der Waals surface area contributed by atoms with Crippen molar-refractivity contribution in [1.82, 2.24) is 13.7 Å². The van der Waals surface area contributed by atoms with Gasteiger partial charge in [-0.1, -0.05) is 0 Å². The van der Waals surface area contributed by atoms with Gasteiger partial charge in [-0.3, -0.25) is 0 Å². The van der Waals surface area contributed by atoms with Crippen molar-refractivity contribution < 1.29 is 8.42 Å². The minimum Gasteiger partial charge on any atom is -0.363 e. The first-order chi connectivity index (χ1) is 11.8. The molecule has 0 amide bonds. The first kappa shape index (κ1) is 18.3. The first-order valence-corrected chi connectivity index (χ1v) is 10.6. The Labute approximate surface area is 153 Å². The zero-order chi connectivity index (χ0) is 18.2. The lowest BCUT2D eigenvalue weighted by atomic mass is 9.89. The largest absolute Gasteiger partial charge is 0.363 e. The van der Waals surface area contributed by atoms with Crippen LogP contribution < -0.4 is 4.90 Å². The van der Waals surface area contributed by atoms with Crippen LogP contribution in [0, 0.1) is 13.8 Å². The van der Waals surface area contributed by atoms with Crippen molar-refractivity contribution in [3.8, 4) is 0 Å². The minimum atomic E-state index is -3.41. The van der Waals surface area contributed by atoms with E-state index >= 15 is 0 Å². The number of aromatic nitrogens is 2. The molecule has 25 heavy (non-hydrogen) atoms. The van der Waals surface area contributed by atoms with Gasteiger partial charge in [0.05, 0.1) is 5.69 Å². The van der Waals surface area contributed by atoms with Crippen molar-refractivity contribution in [2.24, 2.45) is 0 Å². The minimum absolute atomic E-state index is 0.344. The molecular weight excluding hydrogens is 356 g/mol. The Morgan fingerprint density at radius 1 is 1.20 bits per heavy atom. The van der Waals surface area contributed by atoms with E-state index in [4.69, 9.17) is 0 Å². The van der Waals surface area contributed by atoms with Gasteiger partial charge in [0.15, 0.2) is 4.21 Å². The fraction of sp³-hybridized carbons (Fsp3) is 0.529. The summed E-state index contributed by atoms with van der Waals surface area (Å²) >= 11 is 1.06. The molecule has 0 bridgehead atoms.